The molecule has 0 rings (SSSR count). The molecule has 0 bridgehead atoms. The summed E-state index contributed by atoms with van der Waals surface area (Å²) in [5.41, 5.74) is 0. The SMILES string of the molecule is CCCC(=O)CC(=O)[O-].CCCC(=O)CC(=O)[O-].CCCC(=O)CC(=O)[O-].[Co+3]. The summed E-state index contributed by atoms with van der Waals surface area (Å²) in [5.74, 6) is -4.61. The number of carboxylic acid groups (broad SMARTS) is 3. The van der Waals surface area contributed by atoms with Gasteiger partial charge in [-0.2, -0.15) is 0 Å². The van der Waals surface area contributed by atoms with E-state index in [0.29, 0.717) is 38.5 Å². The smallest absolute Gasteiger partial charge is 0.550 e. The molecule has 0 saturated heterocycles. The monoisotopic (exact) mass is 446 g/mol. The topological polar surface area (TPSA) is 172 Å². The maximum Gasteiger partial charge on any atom is 3.00 e. The van der Waals surface area contributed by atoms with Crippen molar-refractivity contribution in [3.8, 4) is 0 Å². The molecule has 0 aromatic carbocycles. The van der Waals surface area contributed by atoms with Crippen molar-refractivity contribution in [3.05, 3.63) is 0 Å². The summed E-state index contributed by atoms with van der Waals surface area (Å²) < 4.78 is 0. The van der Waals surface area contributed by atoms with Gasteiger partial charge in [-0.3, -0.25) is 14.4 Å². The standard InChI is InChI=1S/3C6H10O3.Co/c3*1-2-3-5(7)4-6(8)9;/h3*2-4H2,1H3,(H,8,9);/q;;;+3/p-3. The fourth-order valence-corrected chi connectivity index (χ4v) is 1.58. The first kappa shape index (κ1) is 33.5. The predicted molar refractivity (Wildman–Crippen MR) is 88.6 cm³/mol. The summed E-state index contributed by atoms with van der Waals surface area (Å²) in [5, 5.41) is 29.3. The van der Waals surface area contributed by atoms with E-state index in [9.17, 15) is 44.1 Å². The fourth-order valence-electron chi connectivity index (χ4n) is 1.58. The van der Waals surface area contributed by atoms with E-state index in [1.165, 1.54) is 0 Å². The Labute approximate surface area is 175 Å². The zero-order chi connectivity index (χ0) is 21.8. The second-order valence-corrected chi connectivity index (χ2v) is 5.51. The van der Waals surface area contributed by atoms with Crippen LogP contribution in [0.4, 0.5) is 0 Å². The maximum absolute atomic E-state index is 10.4. The molecule has 28 heavy (non-hydrogen) atoms. The van der Waals surface area contributed by atoms with Crippen LogP contribution in [-0.2, 0) is 45.5 Å². The molecule has 0 aliphatic rings. The van der Waals surface area contributed by atoms with Crippen LogP contribution in [0.5, 0.6) is 0 Å². The molecule has 0 aromatic heterocycles. The molecule has 0 saturated carbocycles. The molecule has 0 aliphatic heterocycles. The van der Waals surface area contributed by atoms with E-state index < -0.39 is 37.2 Å². The van der Waals surface area contributed by atoms with Crippen LogP contribution in [0.25, 0.3) is 0 Å². The minimum atomic E-state index is -1.28. The van der Waals surface area contributed by atoms with Gasteiger partial charge in [0, 0.05) is 56.4 Å². The number of rotatable bonds is 12. The van der Waals surface area contributed by atoms with Gasteiger partial charge in [-0.1, -0.05) is 20.8 Å². The first-order valence-electron chi connectivity index (χ1n) is 8.64. The summed E-state index contributed by atoms with van der Waals surface area (Å²) in [6, 6.07) is 0. The molecule has 0 amide bonds. The van der Waals surface area contributed by atoms with Crippen molar-refractivity contribution >= 4 is 35.3 Å². The molecule has 9 nitrogen and oxygen atoms in total. The van der Waals surface area contributed by atoms with Crippen molar-refractivity contribution in [1.82, 2.24) is 0 Å². The molecule has 0 unspecified atom stereocenters. The molecular weight excluding hydrogens is 419 g/mol. The van der Waals surface area contributed by atoms with Gasteiger partial charge >= 0.3 is 16.8 Å². The Kier molecular flexibility index (Phi) is 27.5. The van der Waals surface area contributed by atoms with Crippen molar-refractivity contribution < 1.29 is 60.9 Å². The van der Waals surface area contributed by atoms with Crippen molar-refractivity contribution in [3.63, 3.8) is 0 Å². The third-order valence-electron chi connectivity index (χ3n) is 2.61. The third-order valence-corrected chi connectivity index (χ3v) is 2.61. The minimum absolute atomic E-state index is 0. The fraction of sp³-hybridized carbons (Fsp3) is 0.667. The molecule has 0 aromatic rings. The second-order valence-electron chi connectivity index (χ2n) is 5.51. The van der Waals surface area contributed by atoms with E-state index in [4.69, 9.17) is 0 Å². The van der Waals surface area contributed by atoms with Crippen molar-refractivity contribution in [1.29, 1.82) is 0 Å². The average Bonchev–Trinajstić information content (AvgIpc) is 2.46. The van der Waals surface area contributed by atoms with E-state index >= 15 is 0 Å². The second kappa shape index (κ2) is 23.0. The first-order chi connectivity index (χ1) is 12.5. The molecule has 0 heterocycles. The summed E-state index contributed by atoms with van der Waals surface area (Å²) in [6.07, 6.45) is 1.82. The van der Waals surface area contributed by atoms with Gasteiger partial charge in [-0.05, 0) is 19.3 Å². The van der Waals surface area contributed by atoms with Crippen LogP contribution in [0.1, 0.15) is 78.6 Å². The quantitative estimate of drug-likeness (QED) is 0.323. The first-order valence-corrected chi connectivity index (χ1v) is 8.64. The number of carboxylic acids is 3. The van der Waals surface area contributed by atoms with E-state index in [-0.39, 0.29) is 34.1 Å². The van der Waals surface area contributed by atoms with Crippen molar-refractivity contribution in [2.45, 2.75) is 78.6 Å². The van der Waals surface area contributed by atoms with Crippen LogP contribution in [0, 0.1) is 0 Å². The molecule has 0 aliphatic carbocycles. The number of hydrogen-bond donors (Lipinski definition) is 0. The summed E-state index contributed by atoms with van der Waals surface area (Å²) in [4.78, 5) is 60.6. The molecular formula is C18H27CoO9. The number of Topliss-reactive ketones (excluding diaryl/α,β-unsaturated/α-hetero) is 3. The molecule has 0 spiro atoms. The Morgan fingerprint density at radius 1 is 0.500 bits per heavy atom. The zero-order valence-electron chi connectivity index (χ0n) is 16.4. The van der Waals surface area contributed by atoms with Gasteiger partial charge in [-0.25, -0.2) is 0 Å². The van der Waals surface area contributed by atoms with Crippen LogP contribution in [-0.4, -0.2) is 35.3 Å². The van der Waals surface area contributed by atoms with Gasteiger partial charge in [0.25, 0.3) is 0 Å². The van der Waals surface area contributed by atoms with Crippen LogP contribution in [0.15, 0.2) is 0 Å². The van der Waals surface area contributed by atoms with Gasteiger partial charge < -0.3 is 29.7 Å². The Bertz CT molecular complexity index is 430. The van der Waals surface area contributed by atoms with Crippen LogP contribution in [0.3, 0.4) is 0 Å². The summed E-state index contributed by atoms with van der Waals surface area (Å²) in [6.45, 7) is 5.48. The molecule has 0 N–H and O–H groups in total. The number of carbonyl (C=O) groups is 6. The summed E-state index contributed by atoms with van der Waals surface area (Å²) >= 11 is 0. The molecule has 0 atom stereocenters. The van der Waals surface area contributed by atoms with E-state index in [1.807, 2.05) is 20.8 Å². The van der Waals surface area contributed by atoms with Crippen molar-refractivity contribution in [2.75, 3.05) is 0 Å². The number of ketones is 3. The normalized spacial score (nSPS) is 8.68. The van der Waals surface area contributed by atoms with Crippen LogP contribution < -0.4 is 15.3 Å². The Balaban J connectivity index is -0.000000152. The Morgan fingerprint density at radius 3 is 0.786 bits per heavy atom. The number of carbonyl (C=O) groups excluding carboxylic acids is 6. The van der Waals surface area contributed by atoms with E-state index in [1.54, 1.807) is 0 Å². The van der Waals surface area contributed by atoms with E-state index in [0.717, 1.165) is 0 Å². The molecule has 162 valence electrons. The summed E-state index contributed by atoms with van der Waals surface area (Å²) in [7, 11) is 0. The number of aliphatic carboxylic acids is 3. The van der Waals surface area contributed by atoms with Gasteiger partial charge in [0.1, 0.15) is 17.3 Å². The van der Waals surface area contributed by atoms with Crippen molar-refractivity contribution in [2.24, 2.45) is 0 Å². The number of hydrogen-bond acceptors (Lipinski definition) is 9. The average molecular weight is 446 g/mol. The zero-order valence-corrected chi connectivity index (χ0v) is 17.4. The minimum Gasteiger partial charge on any atom is -0.550 e. The van der Waals surface area contributed by atoms with Crippen LogP contribution in [0.2, 0.25) is 0 Å². The predicted octanol–water partition coefficient (Wildman–Crippen LogP) is -1.52. The Morgan fingerprint density at radius 2 is 0.679 bits per heavy atom. The Hall–Kier alpha value is -2.07. The van der Waals surface area contributed by atoms with Gasteiger partial charge in [0.15, 0.2) is 0 Å². The van der Waals surface area contributed by atoms with Gasteiger partial charge in [-0.15, -0.1) is 0 Å². The third kappa shape index (κ3) is 35.1. The van der Waals surface area contributed by atoms with Gasteiger partial charge in [0.05, 0.1) is 0 Å². The molecule has 10 heteroatoms. The van der Waals surface area contributed by atoms with Gasteiger partial charge in [0.2, 0.25) is 0 Å². The maximum atomic E-state index is 10.4. The largest absolute Gasteiger partial charge is 3.00 e. The molecule has 0 radical (unpaired) electrons. The molecule has 0 fully saturated rings. The van der Waals surface area contributed by atoms with E-state index in [2.05, 4.69) is 0 Å². The van der Waals surface area contributed by atoms with Crippen LogP contribution >= 0.6 is 0 Å².